The van der Waals surface area contributed by atoms with Gasteiger partial charge < -0.3 is 15.1 Å². The summed E-state index contributed by atoms with van der Waals surface area (Å²) in [5, 5.41) is 3.01. The van der Waals surface area contributed by atoms with Crippen LogP contribution in [-0.2, 0) is 9.59 Å². The van der Waals surface area contributed by atoms with Crippen molar-refractivity contribution in [3.63, 3.8) is 0 Å². The summed E-state index contributed by atoms with van der Waals surface area (Å²) in [4.78, 5) is 26.9. The molecule has 5 heteroatoms. The lowest BCUT2D eigenvalue weighted by atomic mass is 10.0. The molecule has 0 aliphatic heterocycles. The zero-order valence-corrected chi connectivity index (χ0v) is 15.2. The van der Waals surface area contributed by atoms with E-state index in [9.17, 15) is 9.59 Å². The van der Waals surface area contributed by atoms with Crippen molar-refractivity contribution in [2.75, 3.05) is 33.0 Å². The van der Waals surface area contributed by atoms with Crippen molar-refractivity contribution in [1.29, 1.82) is 0 Å². The quantitative estimate of drug-likeness (QED) is 0.832. The van der Waals surface area contributed by atoms with Crippen LogP contribution in [0.25, 0.3) is 11.1 Å². The highest BCUT2D eigenvalue weighted by Crippen LogP contribution is 2.27. The number of rotatable bonds is 6. The highest BCUT2D eigenvalue weighted by Gasteiger charge is 2.25. The van der Waals surface area contributed by atoms with E-state index in [-0.39, 0.29) is 24.4 Å². The van der Waals surface area contributed by atoms with Crippen LogP contribution in [0.5, 0.6) is 0 Å². The van der Waals surface area contributed by atoms with E-state index in [2.05, 4.69) is 5.32 Å². The first kappa shape index (κ1) is 18.7. The van der Waals surface area contributed by atoms with Gasteiger partial charge in [0.25, 0.3) is 11.8 Å². The molecule has 0 radical (unpaired) electrons. The van der Waals surface area contributed by atoms with Crippen LogP contribution in [-0.4, -0.2) is 50.4 Å². The van der Waals surface area contributed by atoms with Gasteiger partial charge in [-0.3, -0.25) is 9.59 Å². The number of carbonyl (C=O) groups is 2. The van der Waals surface area contributed by atoms with Crippen LogP contribution < -0.4 is 10.2 Å². The van der Waals surface area contributed by atoms with Gasteiger partial charge in [-0.1, -0.05) is 48.5 Å². The largest absolute Gasteiger partial charge is 0.344 e. The van der Waals surface area contributed by atoms with Crippen LogP contribution >= 0.6 is 0 Å². The third-order valence-corrected chi connectivity index (χ3v) is 4.33. The van der Waals surface area contributed by atoms with Gasteiger partial charge in [0.15, 0.2) is 12.6 Å². The molecule has 5 nitrogen and oxygen atoms in total. The van der Waals surface area contributed by atoms with Crippen LogP contribution in [0.15, 0.2) is 54.6 Å². The van der Waals surface area contributed by atoms with Gasteiger partial charge >= 0.3 is 0 Å². The molecule has 2 aromatic carbocycles. The number of para-hydroxylation sites is 1. The first-order chi connectivity index (χ1) is 11.9. The first-order valence-electron chi connectivity index (χ1n) is 8.38. The van der Waals surface area contributed by atoms with E-state index in [1.165, 1.54) is 0 Å². The zero-order valence-electron chi connectivity index (χ0n) is 15.2. The maximum atomic E-state index is 12.6. The minimum absolute atomic E-state index is 0.00170. The Morgan fingerprint density at radius 2 is 1.64 bits per heavy atom. The Labute approximate surface area is 149 Å². The number of hydrogen-bond donors (Lipinski definition) is 2. The Balaban J connectivity index is 2.12. The fraction of sp³-hybridized carbons (Fsp3) is 0.300. The molecular weight excluding hydrogens is 314 g/mol. The molecule has 2 aromatic rings. The number of hydrogen-bond acceptors (Lipinski definition) is 2. The molecule has 0 bridgehead atoms. The summed E-state index contributed by atoms with van der Waals surface area (Å²) in [6, 6.07) is 17.3. The Hall–Kier alpha value is -2.66. The molecule has 2 atom stereocenters. The lowest BCUT2D eigenvalue weighted by molar-refractivity contribution is -0.886. The Kier molecular flexibility index (Phi) is 6.31. The predicted molar refractivity (Wildman–Crippen MR) is 100 cm³/mol. The minimum Gasteiger partial charge on any atom is -0.344 e. The summed E-state index contributed by atoms with van der Waals surface area (Å²) in [5.74, 6) is -0.103. The summed E-state index contributed by atoms with van der Waals surface area (Å²) >= 11 is 0. The predicted octanol–water partition coefficient (Wildman–Crippen LogP) is 1.28. The van der Waals surface area contributed by atoms with E-state index >= 15 is 0 Å². The summed E-state index contributed by atoms with van der Waals surface area (Å²) in [6.45, 7) is 2.11. The average molecular weight is 340 g/mol. The molecule has 2 rings (SSSR count). The van der Waals surface area contributed by atoms with Crippen molar-refractivity contribution in [2.45, 2.75) is 13.0 Å². The van der Waals surface area contributed by atoms with E-state index in [0.29, 0.717) is 0 Å². The molecule has 0 aromatic heterocycles. The standard InChI is InChI=1S/C20H25N3O2/c1-15(23(4)14-19(24)22(2)3)20(25)21-18-13-9-8-12-17(18)16-10-6-5-7-11-16/h5-13,15H,14H2,1-4H3,(H,21,25)/p+1/t15-/m1/s1. The van der Waals surface area contributed by atoms with E-state index in [4.69, 9.17) is 0 Å². The van der Waals surface area contributed by atoms with Crippen LogP contribution in [0.3, 0.4) is 0 Å². The molecule has 0 saturated carbocycles. The van der Waals surface area contributed by atoms with E-state index < -0.39 is 0 Å². The molecule has 25 heavy (non-hydrogen) atoms. The molecule has 0 saturated heterocycles. The average Bonchev–Trinajstić information content (AvgIpc) is 2.62. The number of quaternary nitrogens is 1. The number of benzene rings is 2. The number of likely N-dealkylation sites (N-methyl/N-ethyl adjacent to an activating group) is 2. The second-order valence-electron chi connectivity index (χ2n) is 6.43. The first-order valence-corrected chi connectivity index (χ1v) is 8.38. The molecule has 0 aliphatic carbocycles. The molecule has 1 unspecified atom stereocenters. The second-order valence-corrected chi connectivity index (χ2v) is 6.43. The zero-order chi connectivity index (χ0) is 18.4. The summed E-state index contributed by atoms with van der Waals surface area (Å²) in [6.07, 6.45) is 0. The minimum atomic E-state index is -0.340. The van der Waals surface area contributed by atoms with Crippen molar-refractivity contribution >= 4 is 17.5 Å². The number of anilines is 1. The Morgan fingerprint density at radius 3 is 2.28 bits per heavy atom. The van der Waals surface area contributed by atoms with Gasteiger partial charge in [0.2, 0.25) is 0 Å². The van der Waals surface area contributed by atoms with Crippen LogP contribution in [0.1, 0.15) is 6.92 Å². The molecule has 2 amide bonds. The highest BCUT2D eigenvalue weighted by atomic mass is 16.2. The summed E-state index contributed by atoms with van der Waals surface area (Å²) in [7, 11) is 5.29. The molecule has 0 heterocycles. The number of nitrogens with one attached hydrogen (secondary N) is 2. The normalized spacial score (nSPS) is 13.0. The fourth-order valence-electron chi connectivity index (χ4n) is 2.48. The van der Waals surface area contributed by atoms with Gasteiger partial charge in [-0.15, -0.1) is 0 Å². The molecule has 0 fully saturated rings. The third kappa shape index (κ3) is 4.90. The maximum Gasteiger partial charge on any atom is 0.282 e. The highest BCUT2D eigenvalue weighted by molar-refractivity contribution is 5.97. The Bertz CT molecular complexity index is 729. The summed E-state index contributed by atoms with van der Waals surface area (Å²) in [5.41, 5.74) is 2.80. The lowest BCUT2D eigenvalue weighted by Gasteiger charge is -2.22. The van der Waals surface area contributed by atoms with Crippen molar-refractivity contribution in [3.8, 4) is 11.1 Å². The third-order valence-electron chi connectivity index (χ3n) is 4.33. The van der Waals surface area contributed by atoms with Gasteiger partial charge in [0.05, 0.1) is 7.05 Å². The van der Waals surface area contributed by atoms with Gasteiger partial charge in [-0.2, -0.15) is 0 Å². The molecule has 2 N–H and O–H groups in total. The second kappa shape index (κ2) is 8.44. The van der Waals surface area contributed by atoms with Gasteiger partial charge in [0, 0.05) is 25.3 Å². The molecule has 0 aliphatic rings. The monoisotopic (exact) mass is 340 g/mol. The van der Waals surface area contributed by atoms with Crippen molar-refractivity contribution in [2.24, 2.45) is 0 Å². The Morgan fingerprint density at radius 1 is 1.04 bits per heavy atom. The SMILES string of the molecule is C[C@H](C(=O)Nc1ccccc1-c1ccccc1)[NH+](C)CC(=O)N(C)C. The maximum absolute atomic E-state index is 12.6. The van der Waals surface area contributed by atoms with E-state index in [1.807, 2.05) is 68.6 Å². The van der Waals surface area contributed by atoms with Crippen LogP contribution in [0.2, 0.25) is 0 Å². The van der Waals surface area contributed by atoms with Gasteiger partial charge in [-0.05, 0) is 18.6 Å². The van der Waals surface area contributed by atoms with Crippen molar-refractivity contribution in [3.05, 3.63) is 54.6 Å². The lowest BCUT2D eigenvalue weighted by Crippen LogP contribution is -3.15. The van der Waals surface area contributed by atoms with Gasteiger partial charge in [-0.25, -0.2) is 0 Å². The molecular formula is C20H26N3O2+. The number of nitrogens with zero attached hydrogens (tertiary/aromatic N) is 1. The molecule has 0 spiro atoms. The number of amides is 2. The smallest absolute Gasteiger partial charge is 0.282 e. The van der Waals surface area contributed by atoms with Crippen LogP contribution in [0, 0.1) is 0 Å². The fourth-order valence-corrected chi connectivity index (χ4v) is 2.48. The topological polar surface area (TPSA) is 53.9 Å². The van der Waals surface area contributed by atoms with Gasteiger partial charge in [0.1, 0.15) is 0 Å². The number of carbonyl (C=O) groups excluding carboxylic acids is 2. The summed E-state index contributed by atoms with van der Waals surface area (Å²) < 4.78 is 0. The van der Waals surface area contributed by atoms with Crippen molar-refractivity contribution in [1.82, 2.24) is 4.90 Å². The van der Waals surface area contributed by atoms with Crippen LogP contribution in [0.4, 0.5) is 5.69 Å². The molecule has 132 valence electrons. The van der Waals surface area contributed by atoms with Crippen molar-refractivity contribution < 1.29 is 14.5 Å². The van der Waals surface area contributed by atoms with E-state index in [0.717, 1.165) is 21.7 Å². The van der Waals surface area contributed by atoms with E-state index in [1.54, 1.807) is 19.0 Å².